The molecule has 118 valence electrons. The maximum Gasteiger partial charge on any atom is 0.311 e. The van der Waals surface area contributed by atoms with Gasteiger partial charge >= 0.3 is 5.97 Å². The van der Waals surface area contributed by atoms with Crippen LogP contribution in [-0.2, 0) is 9.59 Å². The number of amides is 1. The molecule has 1 amide bonds. The number of benzene rings is 1. The molecule has 0 saturated carbocycles. The second kappa shape index (κ2) is 5.63. The summed E-state index contributed by atoms with van der Waals surface area (Å²) in [5.41, 5.74) is 0.283. The van der Waals surface area contributed by atoms with E-state index in [0.717, 1.165) is 17.7 Å². The lowest BCUT2D eigenvalue weighted by Crippen LogP contribution is -2.35. The molecule has 2 aliphatic heterocycles. The first-order chi connectivity index (χ1) is 10.5. The number of rotatable bonds is 3. The fourth-order valence-electron chi connectivity index (χ4n) is 3.32. The molecule has 0 aromatic heterocycles. The van der Waals surface area contributed by atoms with Gasteiger partial charge in [-0.3, -0.25) is 9.59 Å². The Balaban J connectivity index is 1.68. The molecular weight excluding hydrogens is 282 g/mol. The van der Waals surface area contributed by atoms with Crippen LogP contribution in [0.3, 0.4) is 0 Å². The van der Waals surface area contributed by atoms with Crippen LogP contribution in [0.5, 0.6) is 5.75 Å². The van der Waals surface area contributed by atoms with E-state index in [1.807, 2.05) is 24.3 Å². The van der Waals surface area contributed by atoms with Gasteiger partial charge in [0, 0.05) is 19.5 Å². The summed E-state index contributed by atoms with van der Waals surface area (Å²) in [5.74, 6) is 0.253. The Morgan fingerprint density at radius 1 is 1.41 bits per heavy atom. The number of likely N-dealkylation sites (tertiary alicyclic amines) is 1. The zero-order valence-corrected chi connectivity index (χ0v) is 12.7. The largest absolute Gasteiger partial charge is 0.493 e. The molecule has 0 unspecified atom stereocenters. The lowest BCUT2D eigenvalue weighted by Gasteiger charge is -2.27. The maximum absolute atomic E-state index is 12.5. The average molecular weight is 303 g/mol. The SMILES string of the molecule is C[C@@]1(C(=O)O)CCN(C(=O)C[C@H]2CCOc3ccccc32)C1. The van der Waals surface area contributed by atoms with Crippen LogP contribution in [0.1, 0.15) is 37.7 Å². The Morgan fingerprint density at radius 3 is 2.91 bits per heavy atom. The van der Waals surface area contributed by atoms with Crippen molar-refractivity contribution in [3.8, 4) is 5.75 Å². The number of ether oxygens (including phenoxy) is 1. The molecule has 1 aromatic carbocycles. The van der Waals surface area contributed by atoms with Gasteiger partial charge in [0.15, 0.2) is 0 Å². The minimum absolute atomic E-state index is 0.0479. The van der Waals surface area contributed by atoms with Crippen molar-refractivity contribution in [3.05, 3.63) is 29.8 Å². The van der Waals surface area contributed by atoms with Crippen molar-refractivity contribution in [2.45, 2.75) is 32.1 Å². The van der Waals surface area contributed by atoms with Crippen LogP contribution < -0.4 is 4.74 Å². The number of hydrogen-bond donors (Lipinski definition) is 1. The number of nitrogens with zero attached hydrogens (tertiary/aromatic N) is 1. The molecule has 1 saturated heterocycles. The molecule has 0 spiro atoms. The first-order valence-corrected chi connectivity index (χ1v) is 7.72. The molecule has 0 radical (unpaired) electrons. The van der Waals surface area contributed by atoms with Gasteiger partial charge in [-0.05, 0) is 37.3 Å². The summed E-state index contributed by atoms with van der Waals surface area (Å²) in [6.07, 6.45) is 1.78. The van der Waals surface area contributed by atoms with Crippen LogP contribution >= 0.6 is 0 Å². The molecule has 0 bridgehead atoms. The standard InChI is InChI=1S/C17H21NO4/c1-17(16(20)21)7-8-18(11-17)15(19)10-12-6-9-22-14-5-3-2-4-13(12)14/h2-5,12H,6-11H2,1H3,(H,20,21)/t12-,17-/m1/s1. The number of carbonyl (C=O) groups excluding carboxylic acids is 1. The van der Waals surface area contributed by atoms with Gasteiger partial charge < -0.3 is 14.7 Å². The molecule has 2 heterocycles. The predicted octanol–water partition coefficient (Wildman–Crippen LogP) is 2.27. The Labute approximate surface area is 129 Å². The van der Waals surface area contributed by atoms with Crippen molar-refractivity contribution in [2.24, 2.45) is 5.41 Å². The van der Waals surface area contributed by atoms with E-state index < -0.39 is 11.4 Å². The number of hydrogen-bond acceptors (Lipinski definition) is 3. The highest BCUT2D eigenvalue weighted by atomic mass is 16.5. The predicted molar refractivity (Wildman–Crippen MR) is 80.9 cm³/mol. The summed E-state index contributed by atoms with van der Waals surface area (Å²) in [5, 5.41) is 9.27. The van der Waals surface area contributed by atoms with E-state index in [1.165, 1.54) is 0 Å². The van der Waals surface area contributed by atoms with Crippen molar-refractivity contribution >= 4 is 11.9 Å². The van der Waals surface area contributed by atoms with Crippen LogP contribution in [0, 0.1) is 5.41 Å². The van der Waals surface area contributed by atoms with Crippen LogP contribution in [0.4, 0.5) is 0 Å². The Hall–Kier alpha value is -2.04. The highest BCUT2D eigenvalue weighted by Crippen LogP contribution is 2.37. The van der Waals surface area contributed by atoms with Crippen molar-refractivity contribution < 1.29 is 19.4 Å². The topological polar surface area (TPSA) is 66.8 Å². The number of carbonyl (C=O) groups is 2. The lowest BCUT2D eigenvalue weighted by atomic mass is 9.89. The number of fused-ring (bicyclic) bond motifs is 1. The zero-order chi connectivity index (χ0) is 15.7. The fraction of sp³-hybridized carbons (Fsp3) is 0.529. The smallest absolute Gasteiger partial charge is 0.311 e. The Kier molecular flexibility index (Phi) is 3.81. The summed E-state index contributed by atoms with van der Waals surface area (Å²) in [6.45, 7) is 3.19. The van der Waals surface area contributed by atoms with Gasteiger partial charge in [0.1, 0.15) is 5.75 Å². The minimum atomic E-state index is -0.820. The van der Waals surface area contributed by atoms with Crippen LogP contribution in [0.25, 0.3) is 0 Å². The van der Waals surface area contributed by atoms with Gasteiger partial charge in [0.25, 0.3) is 0 Å². The van der Waals surface area contributed by atoms with Gasteiger partial charge in [0.05, 0.1) is 12.0 Å². The second-order valence-electron chi connectivity index (χ2n) is 6.51. The monoisotopic (exact) mass is 303 g/mol. The summed E-state index contributed by atoms with van der Waals surface area (Å²) < 4.78 is 5.62. The second-order valence-corrected chi connectivity index (χ2v) is 6.51. The molecule has 1 fully saturated rings. The molecule has 0 aliphatic carbocycles. The minimum Gasteiger partial charge on any atom is -0.493 e. The molecule has 1 N–H and O–H groups in total. The first kappa shape index (κ1) is 14.9. The summed E-state index contributed by atoms with van der Waals surface area (Å²) in [4.78, 5) is 25.5. The average Bonchev–Trinajstić information content (AvgIpc) is 2.92. The van der Waals surface area contributed by atoms with Crippen LogP contribution in [0.2, 0.25) is 0 Å². The van der Waals surface area contributed by atoms with Crippen molar-refractivity contribution in [2.75, 3.05) is 19.7 Å². The van der Waals surface area contributed by atoms with E-state index in [2.05, 4.69) is 0 Å². The molecule has 5 nitrogen and oxygen atoms in total. The van der Waals surface area contributed by atoms with E-state index in [0.29, 0.717) is 32.5 Å². The molecule has 1 aromatic rings. The summed E-state index contributed by atoms with van der Waals surface area (Å²) in [6, 6.07) is 7.84. The van der Waals surface area contributed by atoms with Crippen LogP contribution in [0.15, 0.2) is 24.3 Å². The van der Waals surface area contributed by atoms with Gasteiger partial charge in [-0.15, -0.1) is 0 Å². The van der Waals surface area contributed by atoms with Crippen molar-refractivity contribution in [1.29, 1.82) is 0 Å². The van der Waals surface area contributed by atoms with Gasteiger partial charge in [-0.2, -0.15) is 0 Å². The molecule has 22 heavy (non-hydrogen) atoms. The number of para-hydroxylation sites is 1. The third-order valence-corrected chi connectivity index (χ3v) is 4.85. The normalized spacial score (nSPS) is 27.1. The van der Waals surface area contributed by atoms with E-state index in [4.69, 9.17) is 4.74 Å². The quantitative estimate of drug-likeness (QED) is 0.930. The van der Waals surface area contributed by atoms with E-state index in [9.17, 15) is 14.7 Å². The lowest BCUT2D eigenvalue weighted by molar-refractivity contribution is -0.147. The van der Waals surface area contributed by atoms with E-state index in [-0.39, 0.29) is 11.8 Å². The Bertz CT molecular complexity index is 600. The molecular formula is C17H21NO4. The number of carboxylic acid groups (broad SMARTS) is 1. The number of aliphatic carboxylic acids is 1. The third-order valence-electron chi connectivity index (χ3n) is 4.85. The first-order valence-electron chi connectivity index (χ1n) is 7.72. The summed E-state index contributed by atoms with van der Waals surface area (Å²) >= 11 is 0. The summed E-state index contributed by atoms with van der Waals surface area (Å²) in [7, 11) is 0. The highest BCUT2D eigenvalue weighted by Gasteiger charge is 2.42. The molecule has 2 aliphatic rings. The number of carboxylic acids is 1. The third kappa shape index (κ3) is 2.67. The van der Waals surface area contributed by atoms with E-state index in [1.54, 1.807) is 11.8 Å². The molecule has 2 atom stereocenters. The maximum atomic E-state index is 12.5. The molecule has 5 heteroatoms. The molecule has 3 rings (SSSR count). The highest BCUT2D eigenvalue weighted by molar-refractivity contribution is 5.81. The fourth-order valence-corrected chi connectivity index (χ4v) is 3.32. The zero-order valence-electron chi connectivity index (χ0n) is 12.7. The van der Waals surface area contributed by atoms with Gasteiger partial charge in [-0.1, -0.05) is 18.2 Å². The van der Waals surface area contributed by atoms with Crippen LogP contribution in [-0.4, -0.2) is 41.6 Å². The van der Waals surface area contributed by atoms with Crippen molar-refractivity contribution in [1.82, 2.24) is 4.90 Å². The van der Waals surface area contributed by atoms with Crippen molar-refractivity contribution in [3.63, 3.8) is 0 Å². The van der Waals surface area contributed by atoms with E-state index >= 15 is 0 Å². The van der Waals surface area contributed by atoms with Gasteiger partial charge in [0.2, 0.25) is 5.91 Å². The van der Waals surface area contributed by atoms with Gasteiger partial charge in [-0.25, -0.2) is 0 Å². The Morgan fingerprint density at radius 2 is 2.18 bits per heavy atom.